The fourth-order valence-corrected chi connectivity index (χ4v) is 6.22. The van der Waals surface area contributed by atoms with Gasteiger partial charge in [0.05, 0.1) is 0 Å². The molecule has 1 atom stereocenters. The Morgan fingerprint density at radius 1 is 0.706 bits per heavy atom. The van der Waals surface area contributed by atoms with Crippen LogP contribution in [0.5, 0.6) is 17.2 Å². The number of hydrogen-bond acceptors (Lipinski definition) is 3. The largest absolute Gasteiger partial charge is 0.508 e. The van der Waals surface area contributed by atoms with Crippen LogP contribution in [-0.2, 0) is 10.8 Å². The maximum atomic E-state index is 9.89. The van der Waals surface area contributed by atoms with Gasteiger partial charge in [0.25, 0.3) is 0 Å². The van der Waals surface area contributed by atoms with E-state index in [1.807, 2.05) is 12.1 Å². The zero-order chi connectivity index (χ0) is 24.2. The summed E-state index contributed by atoms with van der Waals surface area (Å²) >= 11 is 0. The van der Waals surface area contributed by atoms with E-state index in [0.717, 1.165) is 32.1 Å². The number of phenols is 3. The van der Waals surface area contributed by atoms with Crippen LogP contribution in [0.2, 0.25) is 0 Å². The molecule has 0 saturated heterocycles. The van der Waals surface area contributed by atoms with E-state index in [4.69, 9.17) is 0 Å². The molecule has 0 spiro atoms. The lowest BCUT2D eigenvalue weighted by atomic mass is 9.56. The average molecular weight is 459 g/mol. The third-order valence-electron chi connectivity index (χ3n) is 8.41. The topological polar surface area (TPSA) is 60.7 Å². The van der Waals surface area contributed by atoms with Crippen LogP contribution < -0.4 is 0 Å². The highest BCUT2D eigenvalue weighted by Gasteiger charge is 2.44. The van der Waals surface area contributed by atoms with E-state index in [1.165, 1.54) is 36.0 Å². The van der Waals surface area contributed by atoms with E-state index in [-0.39, 0.29) is 22.3 Å². The first-order valence-corrected chi connectivity index (χ1v) is 12.8. The monoisotopic (exact) mass is 458 g/mol. The Labute approximate surface area is 204 Å². The fourth-order valence-electron chi connectivity index (χ4n) is 6.22. The Kier molecular flexibility index (Phi) is 7.21. The maximum absolute atomic E-state index is 9.89. The van der Waals surface area contributed by atoms with E-state index >= 15 is 0 Å². The molecule has 180 valence electrons. The smallest absolute Gasteiger partial charge is 0.115 e. The fraction of sp³-hybridized carbons (Fsp3) is 0.419. The Morgan fingerprint density at radius 2 is 1.15 bits per heavy atom. The molecule has 1 saturated carbocycles. The van der Waals surface area contributed by atoms with E-state index < -0.39 is 0 Å². The van der Waals surface area contributed by atoms with Gasteiger partial charge in [-0.3, -0.25) is 0 Å². The molecular weight excluding hydrogens is 420 g/mol. The number of phenolic OH excluding ortho intramolecular Hbond substituents is 3. The van der Waals surface area contributed by atoms with Crippen LogP contribution in [0.3, 0.4) is 0 Å². The van der Waals surface area contributed by atoms with Crippen LogP contribution in [-0.4, -0.2) is 15.3 Å². The summed E-state index contributed by atoms with van der Waals surface area (Å²) in [5.41, 5.74) is 3.72. The highest BCUT2D eigenvalue weighted by Crippen LogP contribution is 2.52. The van der Waals surface area contributed by atoms with Crippen molar-refractivity contribution in [3.05, 3.63) is 89.5 Å². The first-order valence-electron chi connectivity index (χ1n) is 12.8. The standard InChI is InChI=1S/C31H38O3/c1-3-4-5-20-30(2,23-6-12-27(32)13-7-23)24-18-21-31(22-19-24,25-8-14-28(33)15-9-25)26-10-16-29(34)17-11-26/h6-17,24,32-34H,3-5,18-22H2,1-2H3. The molecule has 1 fully saturated rings. The summed E-state index contributed by atoms with van der Waals surface area (Å²) in [5, 5.41) is 29.7. The number of benzene rings is 3. The molecule has 1 aliphatic rings. The molecule has 3 aromatic rings. The molecule has 0 aliphatic heterocycles. The third-order valence-corrected chi connectivity index (χ3v) is 8.41. The van der Waals surface area contributed by atoms with Crippen LogP contribution >= 0.6 is 0 Å². The van der Waals surface area contributed by atoms with Gasteiger partial charge in [-0.05, 0) is 96.5 Å². The van der Waals surface area contributed by atoms with Crippen molar-refractivity contribution in [3.8, 4) is 17.2 Å². The van der Waals surface area contributed by atoms with E-state index in [1.54, 1.807) is 24.3 Å². The molecule has 0 aromatic heterocycles. The lowest BCUT2D eigenvalue weighted by Crippen LogP contribution is -2.40. The highest BCUT2D eigenvalue weighted by atomic mass is 16.3. The van der Waals surface area contributed by atoms with Crippen molar-refractivity contribution in [1.29, 1.82) is 0 Å². The minimum Gasteiger partial charge on any atom is -0.508 e. The molecule has 0 amide bonds. The summed E-state index contributed by atoms with van der Waals surface area (Å²) in [4.78, 5) is 0. The normalized spacial score (nSPS) is 17.8. The molecule has 3 N–H and O–H groups in total. The minimum absolute atomic E-state index is 0.0684. The molecule has 1 unspecified atom stereocenters. The molecule has 3 nitrogen and oxygen atoms in total. The van der Waals surface area contributed by atoms with Crippen LogP contribution in [0.25, 0.3) is 0 Å². The molecule has 4 rings (SSSR count). The van der Waals surface area contributed by atoms with Gasteiger partial charge >= 0.3 is 0 Å². The van der Waals surface area contributed by atoms with Crippen LogP contribution in [0.1, 0.15) is 81.9 Å². The molecule has 1 aliphatic carbocycles. The van der Waals surface area contributed by atoms with Gasteiger partial charge in [-0.15, -0.1) is 0 Å². The van der Waals surface area contributed by atoms with Crippen molar-refractivity contribution >= 4 is 0 Å². The van der Waals surface area contributed by atoms with Gasteiger partial charge in [-0.25, -0.2) is 0 Å². The average Bonchev–Trinajstić information content (AvgIpc) is 2.85. The third kappa shape index (κ3) is 4.80. The summed E-state index contributed by atoms with van der Waals surface area (Å²) in [7, 11) is 0. The van der Waals surface area contributed by atoms with Gasteiger partial charge in [0.15, 0.2) is 0 Å². The second kappa shape index (κ2) is 10.1. The Morgan fingerprint density at radius 3 is 1.59 bits per heavy atom. The number of unbranched alkanes of at least 4 members (excludes halogenated alkanes) is 2. The van der Waals surface area contributed by atoms with Gasteiger partial charge in [-0.2, -0.15) is 0 Å². The van der Waals surface area contributed by atoms with Gasteiger partial charge in [0.1, 0.15) is 17.2 Å². The zero-order valence-corrected chi connectivity index (χ0v) is 20.5. The molecule has 3 aromatic carbocycles. The van der Waals surface area contributed by atoms with Gasteiger partial charge in [-0.1, -0.05) is 69.5 Å². The van der Waals surface area contributed by atoms with Crippen molar-refractivity contribution in [3.63, 3.8) is 0 Å². The Hall–Kier alpha value is -2.94. The van der Waals surface area contributed by atoms with Crippen molar-refractivity contribution in [2.24, 2.45) is 5.92 Å². The Bertz CT molecular complexity index is 998. The number of hydrogen-bond donors (Lipinski definition) is 3. The zero-order valence-electron chi connectivity index (χ0n) is 20.5. The first kappa shape index (κ1) is 24.2. The maximum Gasteiger partial charge on any atom is 0.115 e. The summed E-state index contributed by atoms with van der Waals surface area (Å²) in [6.45, 7) is 4.68. The molecule has 0 bridgehead atoms. The van der Waals surface area contributed by atoms with E-state index in [0.29, 0.717) is 11.7 Å². The van der Waals surface area contributed by atoms with Crippen molar-refractivity contribution in [1.82, 2.24) is 0 Å². The van der Waals surface area contributed by atoms with Crippen LogP contribution in [0.4, 0.5) is 0 Å². The minimum atomic E-state index is -0.128. The highest BCUT2D eigenvalue weighted by molar-refractivity contribution is 5.44. The first-order chi connectivity index (χ1) is 16.4. The summed E-state index contributed by atoms with van der Waals surface area (Å²) in [5.74, 6) is 1.45. The molecular formula is C31H38O3. The summed E-state index contributed by atoms with van der Waals surface area (Å²) in [6.07, 6.45) is 9.07. The van der Waals surface area contributed by atoms with Gasteiger partial charge < -0.3 is 15.3 Å². The predicted octanol–water partition coefficient (Wildman–Crippen LogP) is 7.82. The molecule has 0 heterocycles. The molecule has 3 heteroatoms. The Balaban J connectivity index is 1.66. The second-order valence-corrected chi connectivity index (χ2v) is 10.4. The summed E-state index contributed by atoms with van der Waals surface area (Å²) < 4.78 is 0. The molecule has 0 radical (unpaired) electrons. The van der Waals surface area contributed by atoms with Gasteiger partial charge in [0, 0.05) is 5.41 Å². The van der Waals surface area contributed by atoms with E-state index in [2.05, 4.69) is 50.2 Å². The van der Waals surface area contributed by atoms with Crippen molar-refractivity contribution in [2.45, 2.75) is 76.0 Å². The number of rotatable bonds is 8. The van der Waals surface area contributed by atoms with Crippen molar-refractivity contribution in [2.75, 3.05) is 0 Å². The second-order valence-electron chi connectivity index (χ2n) is 10.4. The summed E-state index contributed by atoms with van der Waals surface area (Å²) in [6, 6.07) is 23.3. The number of aromatic hydroxyl groups is 3. The molecule has 34 heavy (non-hydrogen) atoms. The quantitative estimate of drug-likeness (QED) is 0.302. The SMILES string of the molecule is CCCCCC(C)(c1ccc(O)cc1)C1CCC(c2ccc(O)cc2)(c2ccc(O)cc2)CC1. The lowest BCUT2D eigenvalue weighted by Gasteiger charge is -2.47. The van der Waals surface area contributed by atoms with Crippen LogP contribution in [0.15, 0.2) is 72.8 Å². The van der Waals surface area contributed by atoms with Gasteiger partial charge in [0.2, 0.25) is 0 Å². The van der Waals surface area contributed by atoms with E-state index in [9.17, 15) is 15.3 Å². The predicted molar refractivity (Wildman–Crippen MR) is 139 cm³/mol. The lowest BCUT2D eigenvalue weighted by molar-refractivity contribution is 0.165. The van der Waals surface area contributed by atoms with Crippen LogP contribution in [0, 0.1) is 5.92 Å². The van der Waals surface area contributed by atoms with Crippen molar-refractivity contribution < 1.29 is 15.3 Å².